The van der Waals surface area contributed by atoms with E-state index < -0.39 is 12.0 Å². The first-order valence-electron chi connectivity index (χ1n) is 5.20. The molecule has 0 heterocycles. The van der Waals surface area contributed by atoms with Gasteiger partial charge in [0, 0.05) is 13.0 Å². The van der Waals surface area contributed by atoms with Crippen molar-refractivity contribution in [1.29, 1.82) is 0 Å². The molecular weight excluding hydrogens is 196 g/mol. The Balaban J connectivity index is 4.54. The number of aliphatic hydroxyl groups excluding tert-OH is 1. The van der Waals surface area contributed by atoms with Gasteiger partial charge in [-0.3, -0.25) is 4.79 Å². The molecule has 0 aromatic rings. The average Bonchev–Trinajstić information content (AvgIpc) is 2.17. The fourth-order valence-corrected chi connectivity index (χ4v) is 1.66. The minimum absolute atomic E-state index is 0.0479. The highest BCUT2D eigenvalue weighted by Crippen LogP contribution is 2.22. The van der Waals surface area contributed by atoms with Crippen LogP contribution in [0.4, 0.5) is 0 Å². The number of rotatable bonds is 6. The molecule has 0 fully saturated rings. The van der Waals surface area contributed by atoms with Gasteiger partial charge in [0.1, 0.15) is 0 Å². The van der Waals surface area contributed by atoms with E-state index in [2.05, 4.69) is 4.74 Å². The van der Waals surface area contributed by atoms with Crippen molar-refractivity contribution in [3.05, 3.63) is 0 Å². The SMILES string of the molecule is COCC(C)C(O)C(C(=O)OC)C(C)C. The third kappa shape index (κ3) is 4.18. The van der Waals surface area contributed by atoms with E-state index in [0.29, 0.717) is 6.61 Å². The van der Waals surface area contributed by atoms with E-state index >= 15 is 0 Å². The monoisotopic (exact) mass is 218 g/mol. The molecule has 15 heavy (non-hydrogen) atoms. The topological polar surface area (TPSA) is 55.8 Å². The predicted octanol–water partition coefficient (Wildman–Crippen LogP) is 1.07. The molecule has 1 N–H and O–H groups in total. The summed E-state index contributed by atoms with van der Waals surface area (Å²) in [6.07, 6.45) is -0.725. The molecule has 0 saturated heterocycles. The van der Waals surface area contributed by atoms with Crippen LogP contribution < -0.4 is 0 Å². The van der Waals surface area contributed by atoms with Crippen LogP contribution in [0.15, 0.2) is 0 Å². The Labute approximate surface area is 91.6 Å². The summed E-state index contributed by atoms with van der Waals surface area (Å²) < 4.78 is 9.64. The highest BCUT2D eigenvalue weighted by Gasteiger charge is 2.33. The van der Waals surface area contributed by atoms with Crippen LogP contribution in [0.2, 0.25) is 0 Å². The van der Waals surface area contributed by atoms with E-state index in [0.717, 1.165) is 0 Å². The maximum Gasteiger partial charge on any atom is 0.311 e. The molecular formula is C11H22O4. The molecule has 0 aliphatic rings. The molecule has 0 aromatic heterocycles. The second-order valence-electron chi connectivity index (χ2n) is 4.22. The van der Waals surface area contributed by atoms with Crippen molar-refractivity contribution < 1.29 is 19.4 Å². The largest absolute Gasteiger partial charge is 0.469 e. The lowest BCUT2D eigenvalue weighted by molar-refractivity contribution is -0.153. The summed E-state index contributed by atoms with van der Waals surface area (Å²) in [6.45, 7) is 6.07. The highest BCUT2D eigenvalue weighted by molar-refractivity contribution is 5.73. The van der Waals surface area contributed by atoms with Crippen LogP contribution in [0.3, 0.4) is 0 Å². The van der Waals surface area contributed by atoms with Crippen molar-refractivity contribution in [3.63, 3.8) is 0 Å². The lowest BCUT2D eigenvalue weighted by Crippen LogP contribution is -2.39. The van der Waals surface area contributed by atoms with Crippen LogP contribution in [0.25, 0.3) is 0 Å². The highest BCUT2D eigenvalue weighted by atomic mass is 16.5. The van der Waals surface area contributed by atoms with Crippen molar-refractivity contribution in [2.75, 3.05) is 20.8 Å². The predicted molar refractivity (Wildman–Crippen MR) is 57.4 cm³/mol. The van der Waals surface area contributed by atoms with Crippen LogP contribution in [-0.4, -0.2) is 38.0 Å². The smallest absolute Gasteiger partial charge is 0.311 e. The molecule has 0 aromatic carbocycles. The summed E-state index contributed by atoms with van der Waals surface area (Å²) in [5.41, 5.74) is 0. The van der Waals surface area contributed by atoms with E-state index in [-0.39, 0.29) is 17.8 Å². The third-order valence-electron chi connectivity index (χ3n) is 2.57. The minimum atomic E-state index is -0.725. The second kappa shape index (κ2) is 6.80. The Morgan fingerprint density at radius 3 is 2.13 bits per heavy atom. The number of hydrogen-bond acceptors (Lipinski definition) is 4. The molecule has 0 saturated carbocycles. The third-order valence-corrected chi connectivity index (χ3v) is 2.57. The summed E-state index contributed by atoms with van der Waals surface area (Å²) in [5, 5.41) is 10.00. The van der Waals surface area contributed by atoms with Crippen molar-refractivity contribution >= 4 is 5.97 Å². The summed E-state index contributed by atoms with van der Waals surface area (Å²) in [5.74, 6) is -0.881. The van der Waals surface area contributed by atoms with Gasteiger partial charge in [0.25, 0.3) is 0 Å². The van der Waals surface area contributed by atoms with Crippen molar-refractivity contribution in [1.82, 2.24) is 0 Å². The zero-order valence-electron chi connectivity index (χ0n) is 10.2. The first kappa shape index (κ1) is 14.4. The molecule has 0 amide bonds. The zero-order valence-corrected chi connectivity index (χ0v) is 10.2. The van der Waals surface area contributed by atoms with Crippen LogP contribution in [0.5, 0.6) is 0 Å². The number of carbonyl (C=O) groups excluding carboxylic acids is 1. The number of ether oxygens (including phenoxy) is 2. The van der Waals surface area contributed by atoms with Gasteiger partial charge in [0.15, 0.2) is 0 Å². The van der Waals surface area contributed by atoms with Gasteiger partial charge in [0.2, 0.25) is 0 Å². The summed E-state index contributed by atoms with van der Waals surface area (Å²) in [7, 11) is 2.91. The Kier molecular flexibility index (Phi) is 6.52. The Bertz CT molecular complexity index is 191. The van der Waals surface area contributed by atoms with Gasteiger partial charge in [-0.05, 0) is 5.92 Å². The molecule has 4 heteroatoms. The molecule has 0 aliphatic heterocycles. The molecule has 90 valence electrons. The Morgan fingerprint density at radius 1 is 1.27 bits per heavy atom. The number of hydrogen-bond donors (Lipinski definition) is 1. The summed E-state index contributed by atoms with van der Waals surface area (Å²) >= 11 is 0. The molecule has 0 bridgehead atoms. The lowest BCUT2D eigenvalue weighted by Gasteiger charge is -2.28. The van der Waals surface area contributed by atoms with Crippen LogP contribution >= 0.6 is 0 Å². The molecule has 0 aliphatic carbocycles. The first-order valence-corrected chi connectivity index (χ1v) is 5.20. The number of methoxy groups -OCH3 is 2. The van der Waals surface area contributed by atoms with Crippen molar-refractivity contribution in [3.8, 4) is 0 Å². The molecule has 0 rings (SSSR count). The Morgan fingerprint density at radius 2 is 1.80 bits per heavy atom. The number of esters is 1. The quantitative estimate of drug-likeness (QED) is 0.678. The lowest BCUT2D eigenvalue weighted by atomic mass is 9.84. The van der Waals surface area contributed by atoms with Crippen LogP contribution in [-0.2, 0) is 14.3 Å². The fraction of sp³-hybridized carbons (Fsp3) is 0.909. The molecule has 3 atom stereocenters. The standard InChI is InChI=1S/C11H22O4/c1-7(2)9(11(13)15-5)10(12)8(3)6-14-4/h7-10,12H,6H2,1-5H3. The van der Waals surface area contributed by atoms with E-state index in [4.69, 9.17) is 4.74 Å². The van der Waals surface area contributed by atoms with E-state index in [9.17, 15) is 9.90 Å². The summed E-state index contributed by atoms with van der Waals surface area (Å²) in [4.78, 5) is 11.5. The first-order chi connectivity index (χ1) is 6.95. The average molecular weight is 218 g/mol. The van der Waals surface area contributed by atoms with Gasteiger partial charge in [0.05, 0.1) is 25.7 Å². The van der Waals surface area contributed by atoms with Crippen molar-refractivity contribution in [2.24, 2.45) is 17.8 Å². The minimum Gasteiger partial charge on any atom is -0.469 e. The fourth-order valence-electron chi connectivity index (χ4n) is 1.66. The number of aliphatic hydroxyl groups is 1. The molecule has 3 unspecified atom stereocenters. The molecule has 4 nitrogen and oxygen atoms in total. The normalized spacial score (nSPS) is 17.3. The van der Waals surface area contributed by atoms with Crippen molar-refractivity contribution in [2.45, 2.75) is 26.9 Å². The van der Waals surface area contributed by atoms with E-state index in [1.807, 2.05) is 20.8 Å². The molecule has 0 radical (unpaired) electrons. The van der Waals surface area contributed by atoms with E-state index in [1.54, 1.807) is 7.11 Å². The maximum absolute atomic E-state index is 11.5. The Hall–Kier alpha value is -0.610. The van der Waals surface area contributed by atoms with Gasteiger partial charge < -0.3 is 14.6 Å². The van der Waals surface area contributed by atoms with Gasteiger partial charge in [-0.1, -0.05) is 20.8 Å². The number of carbonyl (C=O) groups is 1. The van der Waals surface area contributed by atoms with Crippen LogP contribution in [0.1, 0.15) is 20.8 Å². The van der Waals surface area contributed by atoms with Gasteiger partial charge in [-0.15, -0.1) is 0 Å². The van der Waals surface area contributed by atoms with Gasteiger partial charge >= 0.3 is 5.97 Å². The van der Waals surface area contributed by atoms with Gasteiger partial charge in [-0.25, -0.2) is 0 Å². The zero-order chi connectivity index (χ0) is 12.0. The van der Waals surface area contributed by atoms with E-state index in [1.165, 1.54) is 7.11 Å². The maximum atomic E-state index is 11.5. The van der Waals surface area contributed by atoms with Crippen LogP contribution in [0, 0.1) is 17.8 Å². The second-order valence-corrected chi connectivity index (χ2v) is 4.22. The molecule has 0 spiro atoms. The van der Waals surface area contributed by atoms with Gasteiger partial charge in [-0.2, -0.15) is 0 Å². The summed E-state index contributed by atoms with van der Waals surface area (Å²) in [6, 6.07) is 0.